The topological polar surface area (TPSA) is 18.1 Å². The summed E-state index contributed by atoms with van der Waals surface area (Å²) in [5.74, 6) is 0. The summed E-state index contributed by atoms with van der Waals surface area (Å²) in [5.41, 5.74) is 8.17. The first-order chi connectivity index (χ1) is 25.5. The molecule has 0 atom stereocenters. The molecule has 7 aromatic carbocycles. The third-order valence-corrected chi connectivity index (χ3v) is 16.0. The van der Waals surface area contributed by atoms with Gasteiger partial charge in [0.05, 0.1) is 11.0 Å². The second-order valence-corrected chi connectivity index (χ2v) is 20.4. The molecule has 0 N–H and O–H groups in total. The fourth-order valence-electron chi connectivity index (χ4n) is 8.48. The Morgan fingerprint density at radius 2 is 0.887 bits per heavy atom. The second kappa shape index (κ2) is 12.2. The largest absolute Gasteiger partial charge is 0.456 e. The van der Waals surface area contributed by atoms with E-state index in [0.717, 1.165) is 27.6 Å². The molecule has 0 spiro atoms. The first kappa shape index (κ1) is 33.2. The van der Waals surface area contributed by atoms with Gasteiger partial charge in [-0.1, -0.05) is 163 Å². The number of nitrogens with zero attached hydrogens (tertiary/aromatic N) is 1. The van der Waals surface area contributed by atoms with Crippen LogP contribution >= 0.6 is 0 Å². The summed E-state index contributed by atoms with van der Waals surface area (Å²) in [7, 11) is -2.98. The van der Waals surface area contributed by atoms with E-state index in [1.54, 1.807) is 0 Å². The van der Waals surface area contributed by atoms with Gasteiger partial charge in [0.1, 0.15) is 11.2 Å². The van der Waals surface area contributed by atoms with Gasteiger partial charge in [-0.05, 0) is 85.2 Å². The predicted molar refractivity (Wildman–Crippen MR) is 229 cm³/mol. The van der Waals surface area contributed by atoms with Crippen LogP contribution in [0.4, 0.5) is 0 Å². The summed E-state index contributed by atoms with van der Waals surface area (Å²) < 4.78 is 9.54. The van der Waals surface area contributed by atoms with E-state index in [1.165, 1.54) is 53.7 Å². The smallest absolute Gasteiger partial charge is 0.184 e. The molecule has 9 aromatic rings. The molecule has 0 aliphatic heterocycles. The van der Waals surface area contributed by atoms with Crippen LogP contribution in [0.1, 0.15) is 52.7 Å². The van der Waals surface area contributed by atoms with Gasteiger partial charge in [0.15, 0.2) is 8.07 Å². The monoisotopic (exact) mass is 703 g/mol. The van der Waals surface area contributed by atoms with Gasteiger partial charge in [0.25, 0.3) is 0 Å². The number of benzene rings is 7. The first-order valence-corrected chi connectivity index (χ1v) is 20.8. The maximum absolute atomic E-state index is 7.03. The predicted octanol–water partition coefficient (Wildman–Crippen LogP) is 10.7. The molecule has 0 saturated heterocycles. The molecule has 2 aromatic heterocycles. The highest BCUT2D eigenvalue weighted by molar-refractivity contribution is 7.20. The Kier molecular flexibility index (Phi) is 7.65. The van der Waals surface area contributed by atoms with E-state index in [2.05, 4.69) is 210 Å². The van der Waals surface area contributed by atoms with Crippen molar-refractivity contribution in [2.75, 3.05) is 0 Å². The molecule has 0 aliphatic rings. The molecule has 260 valence electrons. The zero-order valence-corrected chi connectivity index (χ0v) is 32.4. The van der Waals surface area contributed by atoms with Crippen molar-refractivity contribution in [3.63, 3.8) is 0 Å². The van der Waals surface area contributed by atoms with E-state index in [-0.39, 0.29) is 10.8 Å². The van der Waals surface area contributed by atoms with Crippen molar-refractivity contribution in [3.05, 3.63) is 175 Å². The molecule has 3 heteroatoms. The van der Waals surface area contributed by atoms with Crippen LogP contribution in [0.2, 0.25) is 0 Å². The lowest BCUT2D eigenvalue weighted by Crippen LogP contribution is -2.74. The zero-order chi connectivity index (χ0) is 36.5. The molecular weight excluding hydrogens is 659 g/mol. The second-order valence-electron chi connectivity index (χ2n) is 16.6. The fourth-order valence-corrected chi connectivity index (χ4v) is 13.4. The molecule has 2 nitrogen and oxygen atoms in total. The van der Waals surface area contributed by atoms with Gasteiger partial charge < -0.3 is 8.98 Å². The summed E-state index contributed by atoms with van der Waals surface area (Å²) in [6.45, 7) is 13.8. The van der Waals surface area contributed by atoms with Crippen LogP contribution in [0.3, 0.4) is 0 Å². The molecule has 0 amide bonds. The molecule has 2 heterocycles. The third kappa shape index (κ3) is 5.29. The Bertz CT molecular complexity index is 2610. The lowest BCUT2D eigenvalue weighted by atomic mass is 9.85. The standard InChI is InChI=1S/C50H45NOSi/c1-49(2,3)34-26-28-44-41(30-34)42-31-35(50(4,5)6)27-29-45(42)51(44)36-32-43-40-24-16-17-25-46(40)52-48(43)47(33-36)53(37-18-10-7-11-19-37,38-20-12-8-13-21-38)39-22-14-9-15-23-39/h7-33H,1-6H3. The van der Waals surface area contributed by atoms with Gasteiger partial charge in [-0.3, -0.25) is 0 Å². The minimum Gasteiger partial charge on any atom is -0.456 e. The SMILES string of the molecule is CC(C)(C)c1ccc2c(c1)c1cc(C(C)(C)C)ccc1n2-c1cc([Si](c2ccccc2)(c2ccccc2)c2ccccc2)c2oc3ccccc3c2c1. The van der Waals surface area contributed by atoms with E-state index < -0.39 is 8.07 Å². The van der Waals surface area contributed by atoms with Gasteiger partial charge >= 0.3 is 0 Å². The number of hydrogen-bond acceptors (Lipinski definition) is 1. The summed E-state index contributed by atoms with van der Waals surface area (Å²) >= 11 is 0. The van der Waals surface area contributed by atoms with Crippen LogP contribution in [0.5, 0.6) is 0 Å². The Hall–Kier alpha value is -5.64. The van der Waals surface area contributed by atoms with E-state index in [0.29, 0.717) is 0 Å². The molecule has 0 bridgehead atoms. The molecule has 0 saturated carbocycles. The number of aromatic nitrogens is 1. The molecular formula is C50H45NOSi. The Balaban J connectivity index is 1.48. The van der Waals surface area contributed by atoms with Gasteiger partial charge in [-0.2, -0.15) is 0 Å². The normalized spacial score (nSPS) is 12.7. The summed E-state index contributed by atoms with van der Waals surface area (Å²) in [4.78, 5) is 0. The van der Waals surface area contributed by atoms with E-state index in [1.807, 2.05) is 0 Å². The van der Waals surface area contributed by atoms with Crippen molar-refractivity contribution in [1.82, 2.24) is 4.57 Å². The van der Waals surface area contributed by atoms with Gasteiger partial charge in [-0.15, -0.1) is 0 Å². The highest BCUT2D eigenvalue weighted by Gasteiger charge is 2.44. The fraction of sp³-hybridized carbons (Fsp3) is 0.160. The Morgan fingerprint density at radius 1 is 0.434 bits per heavy atom. The molecule has 0 aliphatic carbocycles. The molecule has 0 unspecified atom stereocenters. The van der Waals surface area contributed by atoms with Crippen LogP contribution in [-0.4, -0.2) is 12.6 Å². The van der Waals surface area contributed by atoms with Crippen molar-refractivity contribution in [2.24, 2.45) is 0 Å². The van der Waals surface area contributed by atoms with Crippen LogP contribution in [0.15, 0.2) is 168 Å². The number of fused-ring (bicyclic) bond motifs is 6. The van der Waals surface area contributed by atoms with E-state index in [4.69, 9.17) is 4.42 Å². The van der Waals surface area contributed by atoms with Crippen LogP contribution in [-0.2, 0) is 10.8 Å². The summed E-state index contributed by atoms with van der Waals surface area (Å²) in [6.07, 6.45) is 0. The van der Waals surface area contributed by atoms with Gasteiger partial charge in [0.2, 0.25) is 0 Å². The van der Waals surface area contributed by atoms with Crippen molar-refractivity contribution in [2.45, 2.75) is 52.4 Å². The van der Waals surface area contributed by atoms with Crippen LogP contribution in [0.25, 0.3) is 49.4 Å². The number of hydrogen-bond donors (Lipinski definition) is 0. The number of para-hydroxylation sites is 1. The summed E-state index contributed by atoms with van der Waals surface area (Å²) in [6, 6.07) is 61.1. The maximum atomic E-state index is 7.03. The lowest BCUT2D eigenvalue weighted by molar-refractivity contribution is 0.590. The molecule has 0 fully saturated rings. The van der Waals surface area contributed by atoms with Crippen LogP contribution in [0, 0.1) is 0 Å². The minimum absolute atomic E-state index is 0.0261. The first-order valence-electron chi connectivity index (χ1n) is 18.8. The summed E-state index contributed by atoms with van der Waals surface area (Å²) in [5, 5.41) is 10.1. The highest BCUT2D eigenvalue weighted by Crippen LogP contribution is 2.39. The van der Waals surface area contributed by atoms with Crippen molar-refractivity contribution in [1.29, 1.82) is 0 Å². The van der Waals surface area contributed by atoms with Crippen LogP contribution < -0.4 is 20.7 Å². The third-order valence-electron chi connectivity index (χ3n) is 11.2. The average Bonchev–Trinajstić information content (AvgIpc) is 3.71. The minimum atomic E-state index is -2.98. The van der Waals surface area contributed by atoms with Crippen molar-refractivity contribution >= 4 is 72.6 Å². The van der Waals surface area contributed by atoms with E-state index >= 15 is 0 Å². The van der Waals surface area contributed by atoms with Crippen molar-refractivity contribution in [3.8, 4) is 5.69 Å². The zero-order valence-electron chi connectivity index (χ0n) is 31.4. The molecule has 0 radical (unpaired) electrons. The molecule has 53 heavy (non-hydrogen) atoms. The Morgan fingerprint density at radius 3 is 1.36 bits per heavy atom. The molecule has 9 rings (SSSR count). The average molecular weight is 704 g/mol. The number of furan rings is 1. The maximum Gasteiger partial charge on any atom is 0.184 e. The lowest BCUT2D eigenvalue weighted by Gasteiger charge is -2.34. The van der Waals surface area contributed by atoms with E-state index in [9.17, 15) is 0 Å². The van der Waals surface area contributed by atoms with Gasteiger partial charge in [-0.25, -0.2) is 0 Å². The number of rotatable bonds is 5. The Labute approximate surface area is 313 Å². The highest BCUT2D eigenvalue weighted by atomic mass is 28.3. The van der Waals surface area contributed by atoms with Gasteiger partial charge in [0, 0.05) is 27.2 Å². The van der Waals surface area contributed by atoms with Crippen molar-refractivity contribution < 1.29 is 4.42 Å². The quantitative estimate of drug-likeness (QED) is 0.129.